The van der Waals surface area contributed by atoms with Gasteiger partial charge in [0.25, 0.3) is 0 Å². The van der Waals surface area contributed by atoms with Crippen molar-refractivity contribution in [1.82, 2.24) is 0 Å². The van der Waals surface area contributed by atoms with E-state index in [1.807, 2.05) is 0 Å². The van der Waals surface area contributed by atoms with Gasteiger partial charge >= 0.3 is 0 Å². The van der Waals surface area contributed by atoms with E-state index in [0.717, 1.165) is 16.7 Å². The Bertz CT molecular complexity index is 161. The maximum atomic E-state index is 2.47. The van der Waals surface area contributed by atoms with Gasteiger partial charge in [-0.1, -0.05) is 33.6 Å². The van der Waals surface area contributed by atoms with E-state index in [4.69, 9.17) is 0 Å². The van der Waals surface area contributed by atoms with Crippen molar-refractivity contribution in [1.29, 1.82) is 0 Å². The summed E-state index contributed by atoms with van der Waals surface area (Å²) >= 11 is 0. The molecule has 3 atom stereocenters. The maximum Gasteiger partial charge on any atom is -0.0258 e. The summed E-state index contributed by atoms with van der Waals surface area (Å²) in [5, 5.41) is 0. The smallest absolute Gasteiger partial charge is 0.0258 e. The van der Waals surface area contributed by atoms with E-state index in [-0.39, 0.29) is 0 Å². The zero-order valence-electron chi connectivity index (χ0n) is 7.41. The summed E-state index contributed by atoms with van der Waals surface area (Å²) in [6, 6.07) is 0. The minimum Gasteiger partial charge on any atom is -0.0649 e. The van der Waals surface area contributed by atoms with Gasteiger partial charge in [0.2, 0.25) is 0 Å². The molecule has 2 saturated carbocycles. The van der Waals surface area contributed by atoms with Crippen LogP contribution in [0.1, 0.15) is 46.5 Å². The van der Waals surface area contributed by atoms with Crippen LogP contribution in [0.3, 0.4) is 0 Å². The molecule has 3 unspecified atom stereocenters. The third-order valence-corrected chi connectivity index (χ3v) is 4.30. The molecule has 0 amide bonds. The van der Waals surface area contributed by atoms with Crippen molar-refractivity contribution < 1.29 is 0 Å². The highest BCUT2D eigenvalue weighted by Gasteiger charge is 2.70. The molecule has 0 bridgehead atoms. The molecule has 58 valence electrons. The molecule has 0 heterocycles. The van der Waals surface area contributed by atoms with Crippen molar-refractivity contribution in [2.75, 3.05) is 0 Å². The second kappa shape index (κ2) is 1.60. The molecule has 10 heavy (non-hydrogen) atoms. The van der Waals surface area contributed by atoms with E-state index >= 15 is 0 Å². The van der Waals surface area contributed by atoms with Gasteiger partial charge in [0.1, 0.15) is 0 Å². The van der Waals surface area contributed by atoms with Crippen LogP contribution in [0.5, 0.6) is 0 Å². The lowest BCUT2D eigenvalue weighted by molar-refractivity contribution is 0.0566. The molecule has 0 N–H and O–H groups in total. The highest BCUT2D eigenvalue weighted by Crippen LogP contribution is 2.78. The van der Waals surface area contributed by atoms with E-state index < -0.39 is 0 Å². The van der Waals surface area contributed by atoms with Crippen LogP contribution < -0.4 is 0 Å². The van der Waals surface area contributed by atoms with E-state index in [2.05, 4.69) is 20.8 Å². The van der Waals surface area contributed by atoms with Gasteiger partial charge < -0.3 is 0 Å². The maximum absolute atomic E-state index is 2.47. The Labute approximate surface area is 64.0 Å². The standard InChI is InChI=1S/C10H18/c1-4-9(3)7-10(5-2)6-8(9)10/h8H,4-7H2,1-3H3. The van der Waals surface area contributed by atoms with Crippen LogP contribution >= 0.6 is 0 Å². The van der Waals surface area contributed by atoms with E-state index in [1.54, 1.807) is 6.42 Å². The fourth-order valence-electron chi connectivity index (χ4n) is 3.21. The lowest BCUT2D eigenvalue weighted by Gasteiger charge is -2.44. The predicted octanol–water partition coefficient (Wildman–Crippen LogP) is 3.22. The minimum atomic E-state index is 0.760. The second-order valence-corrected chi connectivity index (χ2v) is 4.66. The highest BCUT2D eigenvalue weighted by molar-refractivity contribution is 5.19. The summed E-state index contributed by atoms with van der Waals surface area (Å²) in [5.74, 6) is 1.12. The van der Waals surface area contributed by atoms with Crippen LogP contribution in [0.25, 0.3) is 0 Å². The molecule has 0 aliphatic heterocycles. The van der Waals surface area contributed by atoms with E-state index in [1.165, 1.54) is 19.3 Å². The van der Waals surface area contributed by atoms with Crippen LogP contribution in [0.15, 0.2) is 0 Å². The van der Waals surface area contributed by atoms with Crippen molar-refractivity contribution in [3.05, 3.63) is 0 Å². The Morgan fingerprint density at radius 3 is 2.30 bits per heavy atom. The molecule has 0 spiro atoms. The lowest BCUT2D eigenvalue weighted by Crippen LogP contribution is -2.35. The highest BCUT2D eigenvalue weighted by atomic mass is 14.7. The third-order valence-electron chi connectivity index (χ3n) is 4.30. The molecular weight excluding hydrogens is 120 g/mol. The summed E-state index contributed by atoms with van der Waals surface area (Å²) in [4.78, 5) is 0. The summed E-state index contributed by atoms with van der Waals surface area (Å²) in [7, 11) is 0. The number of hydrogen-bond acceptors (Lipinski definition) is 0. The zero-order valence-corrected chi connectivity index (χ0v) is 7.41. The SMILES string of the molecule is CCC1(C)CC2(CC)CC12. The average molecular weight is 138 g/mol. The Morgan fingerprint density at radius 1 is 1.30 bits per heavy atom. The van der Waals surface area contributed by atoms with Gasteiger partial charge in [-0.15, -0.1) is 0 Å². The van der Waals surface area contributed by atoms with Crippen LogP contribution in [-0.2, 0) is 0 Å². The van der Waals surface area contributed by atoms with Crippen molar-refractivity contribution in [3.63, 3.8) is 0 Å². The minimum absolute atomic E-state index is 0.760. The third kappa shape index (κ3) is 0.538. The molecule has 2 aliphatic carbocycles. The molecule has 2 fully saturated rings. The first kappa shape index (κ1) is 6.69. The van der Waals surface area contributed by atoms with Crippen LogP contribution in [-0.4, -0.2) is 0 Å². The normalized spacial score (nSPS) is 57.3. The number of hydrogen-bond donors (Lipinski definition) is 0. The Balaban J connectivity index is 2.03. The quantitative estimate of drug-likeness (QED) is 0.549. The molecule has 0 aromatic rings. The average Bonchev–Trinajstić information content (AvgIpc) is 2.57. The van der Waals surface area contributed by atoms with E-state index in [9.17, 15) is 0 Å². The summed E-state index contributed by atoms with van der Waals surface area (Å²) < 4.78 is 0. The van der Waals surface area contributed by atoms with Gasteiger partial charge in [-0.2, -0.15) is 0 Å². The number of fused-ring (bicyclic) bond motifs is 1. The fourth-order valence-corrected chi connectivity index (χ4v) is 3.21. The Kier molecular flexibility index (Phi) is 1.07. The van der Waals surface area contributed by atoms with Crippen molar-refractivity contribution in [2.45, 2.75) is 46.5 Å². The largest absolute Gasteiger partial charge is 0.0649 e. The zero-order chi connectivity index (χ0) is 7.41. The molecule has 2 rings (SSSR count). The topological polar surface area (TPSA) is 0 Å². The Morgan fingerprint density at radius 2 is 2.00 bits per heavy atom. The summed E-state index contributed by atoms with van der Waals surface area (Å²) in [5.41, 5.74) is 1.63. The molecule has 0 aromatic heterocycles. The van der Waals surface area contributed by atoms with Crippen molar-refractivity contribution in [3.8, 4) is 0 Å². The molecule has 0 nitrogen and oxygen atoms in total. The molecule has 2 aliphatic rings. The molecular formula is C10H18. The molecule has 0 heteroatoms. The van der Waals surface area contributed by atoms with Crippen molar-refractivity contribution in [2.24, 2.45) is 16.7 Å². The lowest BCUT2D eigenvalue weighted by atomic mass is 9.61. The fraction of sp³-hybridized carbons (Fsp3) is 1.00. The van der Waals surface area contributed by atoms with Crippen molar-refractivity contribution >= 4 is 0 Å². The second-order valence-electron chi connectivity index (χ2n) is 4.66. The molecule has 0 radical (unpaired) electrons. The monoisotopic (exact) mass is 138 g/mol. The van der Waals surface area contributed by atoms with Crippen LogP contribution in [0, 0.1) is 16.7 Å². The van der Waals surface area contributed by atoms with Gasteiger partial charge in [-0.05, 0) is 29.6 Å². The molecule has 0 aromatic carbocycles. The number of rotatable bonds is 2. The Hall–Kier alpha value is 0. The van der Waals surface area contributed by atoms with Gasteiger partial charge in [-0.25, -0.2) is 0 Å². The van der Waals surface area contributed by atoms with Gasteiger partial charge in [-0.3, -0.25) is 0 Å². The predicted molar refractivity (Wildman–Crippen MR) is 43.8 cm³/mol. The van der Waals surface area contributed by atoms with Crippen LogP contribution in [0.4, 0.5) is 0 Å². The van der Waals surface area contributed by atoms with Crippen LogP contribution in [0.2, 0.25) is 0 Å². The van der Waals surface area contributed by atoms with Gasteiger partial charge in [0.05, 0.1) is 0 Å². The first-order chi connectivity index (χ1) is 4.67. The molecule has 0 saturated heterocycles. The first-order valence-electron chi connectivity index (χ1n) is 4.67. The van der Waals surface area contributed by atoms with Gasteiger partial charge in [0.15, 0.2) is 0 Å². The van der Waals surface area contributed by atoms with E-state index in [0.29, 0.717) is 0 Å². The van der Waals surface area contributed by atoms with Gasteiger partial charge in [0, 0.05) is 0 Å². The first-order valence-corrected chi connectivity index (χ1v) is 4.67. The summed E-state index contributed by atoms with van der Waals surface area (Å²) in [6.45, 7) is 7.17. The summed E-state index contributed by atoms with van der Waals surface area (Å²) in [6.07, 6.45) is 5.91.